The minimum absolute atomic E-state index is 0.453. The fourth-order valence-electron chi connectivity index (χ4n) is 2.47. The third kappa shape index (κ3) is 2.34. The van der Waals surface area contributed by atoms with E-state index in [2.05, 4.69) is 10.1 Å². The van der Waals surface area contributed by atoms with Gasteiger partial charge in [0.25, 0.3) is 0 Å². The molecule has 6 heteroatoms. The average molecular weight is 259 g/mol. The van der Waals surface area contributed by atoms with Gasteiger partial charge in [-0.2, -0.15) is 4.98 Å². The summed E-state index contributed by atoms with van der Waals surface area (Å²) in [6.07, 6.45) is 1.35. The Morgan fingerprint density at radius 2 is 2.32 bits per heavy atom. The maximum Gasteiger partial charge on any atom is 0.312 e. The second-order valence-electron chi connectivity index (χ2n) is 4.59. The molecule has 1 aromatic carbocycles. The van der Waals surface area contributed by atoms with Gasteiger partial charge in [0.1, 0.15) is 0 Å². The molecular formula is C13H13N3O3. The molecule has 0 spiro atoms. The highest BCUT2D eigenvalue weighted by atomic mass is 16.5. The molecule has 0 saturated carbocycles. The lowest BCUT2D eigenvalue weighted by molar-refractivity contribution is -0.139. The molecule has 1 aliphatic rings. The molecule has 0 saturated heterocycles. The van der Waals surface area contributed by atoms with Crippen LogP contribution >= 0.6 is 0 Å². The van der Waals surface area contributed by atoms with E-state index in [0.717, 1.165) is 11.1 Å². The second kappa shape index (κ2) is 4.81. The first-order valence-electron chi connectivity index (χ1n) is 6.02. The Morgan fingerprint density at radius 3 is 3.05 bits per heavy atom. The Kier molecular flexibility index (Phi) is 3.00. The molecule has 0 bridgehead atoms. The predicted octanol–water partition coefficient (Wildman–Crippen LogP) is 1.25. The van der Waals surface area contributed by atoms with Crippen molar-refractivity contribution in [3.05, 3.63) is 47.6 Å². The Hall–Kier alpha value is -2.21. The normalized spacial score (nSPS) is 19.1. The van der Waals surface area contributed by atoms with Gasteiger partial charge in [0.2, 0.25) is 5.89 Å². The lowest BCUT2D eigenvalue weighted by Gasteiger charge is -2.31. The number of carboxylic acid groups (broad SMARTS) is 1. The molecule has 1 unspecified atom stereocenters. The number of carbonyl (C=O) groups is 1. The molecule has 1 aliphatic heterocycles. The van der Waals surface area contributed by atoms with Crippen molar-refractivity contribution in [3.63, 3.8) is 0 Å². The minimum Gasteiger partial charge on any atom is -0.481 e. The molecule has 3 rings (SSSR count). The quantitative estimate of drug-likeness (QED) is 0.893. The zero-order valence-electron chi connectivity index (χ0n) is 10.2. The Labute approximate surface area is 109 Å². The minimum atomic E-state index is -0.803. The average Bonchev–Trinajstić information content (AvgIpc) is 2.90. The van der Waals surface area contributed by atoms with Gasteiger partial charge in [-0.1, -0.05) is 29.4 Å². The van der Waals surface area contributed by atoms with E-state index in [0.29, 0.717) is 25.5 Å². The number of aliphatic carboxylic acids is 1. The molecule has 0 radical (unpaired) electrons. The highest BCUT2D eigenvalue weighted by molar-refractivity contribution is 5.77. The van der Waals surface area contributed by atoms with Crippen LogP contribution in [0.2, 0.25) is 0 Å². The van der Waals surface area contributed by atoms with Crippen LogP contribution in [0, 0.1) is 0 Å². The Bertz CT molecular complexity index is 583. The number of hydrogen-bond acceptors (Lipinski definition) is 5. The van der Waals surface area contributed by atoms with Gasteiger partial charge in [0, 0.05) is 13.1 Å². The maximum absolute atomic E-state index is 11.4. The molecule has 2 aromatic rings. The van der Waals surface area contributed by atoms with E-state index in [-0.39, 0.29) is 0 Å². The van der Waals surface area contributed by atoms with Gasteiger partial charge in [-0.15, -0.1) is 0 Å². The summed E-state index contributed by atoms with van der Waals surface area (Å²) in [6, 6.07) is 7.65. The van der Waals surface area contributed by atoms with Crippen molar-refractivity contribution in [1.29, 1.82) is 0 Å². The molecule has 98 valence electrons. The van der Waals surface area contributed by atoms with Crippen LogP contribution in [0.5, 0.6) is 0 Å². The number of nitrogens with zero attached hydrogens (tertiary/aromatic N) is 3. The van der Waals surface area contributed by atoms with Crippen molar-refractivity contribution in [2.75, 3.05) is 6.54 Å². The molecule has 6 nitrogen and oxygen atoms in total. The first-order valence-corrected chi connectivity index (χ1v) is 6.02. The number of hydrogen-bond donors (Lipinski definition) is 1. The van der Waals surface area contributed by atoms with Gasteiger partial charge in [-0.05, 0) is 11.1 Å². The van der Waals surface area contributed by atoms with Crippen molar-refractivity contribution in [2.45, 2.75) is 19.0 Å². The smallest absolute Gasteiger partial charge is 0.312 e. The summed E-state index contributed by atoms with van der Waals surface area (Å²) in [5.41, 5.74) is 1.94. The third-order valence-electron chi connectivity index (χ3n) is 3.33. The number of fused-ring (bicyclic) bond motifs is 1. The predicted molar refractivity (Wildman–Crippen MR) is 65.2 cm³/mol. The molecule has 1 N–H and O–H groups in total. The monoisotopic (exact) mass is 259 g/mol. The van der Waals surface area contributed by atoms with Crippen molar-refractivity contribution in [1.82, 2.24) is 15.0 Å². The Morgan fingerprint density at radius 1 is 1.47 bits per heavy atom. The van der Waals surface area contributed by atoms with Crippen molar-refractivity contribution in [2.24, 2.45) is 0 Å². The van der Waals surface area contributed by atoms with Gasteiger partial charge in [-0.3, -0.25) is 9.69 Å². The maximum atomic E-state index is 11.4. The van der Waals surface area contributed by atoms with Crippen molar-refractivity contribution in [3.8, 4) is 0 Å². The van der Waals surface area contributed by atoms with Crippen LogP contribution in [0.25, 0.3) is 0 Å². The van der Waals surface area contributed by atoms with Crippen LogP contribution in [-0.2, 0) is 17.9 Å². The van der Waals surface area contributed by atoms with E-state index in [1.165, 1.54) is 6.33 Å². The summed E-state index contributed by atoms with van der Waals surface area (Å²) in [5.74, 6) is -0.806. The molecule has 1 aromatic heterocycles. The van der Waals surface area contributed by atoms with Crippen LogP contribution in [0.3, 0.4) is 0 Å². The van der Waals surface area contributed by atoms with Crippen molar-refractivity contribution >= 4 is 5.97 Å². The van der Waals surface area contributed by atoms with E-state index in [4.69, 9.17) is 4.52 Å². The summed E-state index contributed by atoms with van der Waals surface area (Å²) < 4.78 is 4.97. The van der Waals surface area contributed by atoms with E-state index in [9.17, 15) is 9.90 Å². The molecule has 2 heterocycles. The lowest BCUT2D eigenvalue weighted by Crippen LogP contribution is -2.36. The Balaban J connectivity index is 1.86. The zero-order valence-corrected chi connectivity index (χ0v) is 10.2. The summed E-state index contributed by atoms with van der Waals surface area (Å²) in [6.45, 7) is 1.62. The first-order chi connectivity index (χ1) is 9.24. The third-order valence-corrected chi connectivity index (χ3v) is 3.33. The standard InChI is InChI=1S/C13H13N3O3/c17-13(18)11-6-16(7-12-14-8-15-19-12)5-9-3-1-2-4-10(9)11/h1-4,8,11H,5-7H2,(H,17,18). The van der Waals surface area contributed by atoms with Crippen LogP contribution in [-0.4, -0.2) is 32.7 Å². The van der Waals surface area contributed by atoms with Gasteiger partial charge in [0.05, 0.1) is 12.5 Å². The number of benzene rings is 1. The number of rotatable bonds is 3. The summed E-state index contributed by atoms with van der Waals surface area (Å²) in [7, 11) is 0. The molecule has 19 heavy (non-hydrogen) atoms. The van der Waals surface area contributed by atoms with Gasteiger partial charge in [0.15, 0.2) is 6.33 Å². The van der Waals surface area contributed by atoms with E-state index < -0.39 is 11.9 Å². The summed E-state index contributed by atoms with van der Waals surface area (Å²) in [5, 5.41) is 12.9. The van der Waals surface area contributed by atoms with Gasteiger partial charge in [-0.25, -0.2) is 0 Å². The summed E-state index contributed by atoms with van der Waals surface area (Å²) in [4.78, 5) is 17.4. The number of aromatic nitrogens is 2. The van der Waals surface area contributed by atoms with E-state index >= 15 is 0 Å². The fourth-order valence-corrected chi connectivity index (χ4v) is 2.47. The molecule has 0 amide bonds. The van der Waals surface area contributed by atoms with E-state index in [1.807, 2.05) is 29.2 Å². The zero-order chi connectivity index (χ0) is 13.2. The fraction of sp³-hybridized carbons (Fsp3) is 0.308. The van der Waals surface area contributed by atoms with Gasteiger partial charge >= 0.3 is 5.97 Å². The number of carboxylic acids is 1. The molecule has 0 fully saturated rings. The SMILES string of the molecule is O=C(O)C1CN(Cc2ncno2)Cc2ccccc21. The second-order valence-corrected chi connectivity index (χ2v) is 4.59. The highest BCUT2D eigenvalue weighted by Gasteiger charge is 2.30. The van der Waals surface area contributed by atoms with Crippen molar-refractivity contribution < 1.29 is 14.4 Å². The van der Waals surface area contributed by atoms with Gasteiger partial charge < -0.3 is 9.63 Å². The van der Waals surface area contributed by atoms with Crippen LogP contribution < -0.4 is 0 Å². The van der Waals surface area contributed by atoms with E-state index in [1.54, 1.807) is 0 Å². The first kappa shape index (κ1) is 11.9. The highest BCUT2D eigenvalue weighted by Crippen LogP contribution is 2.29. The van der Waals surface area contributed by atoms with Crippen LogP contribution in [0.15, 0.2) is 35.1 Å². The molecule has 0 aliphatic carbocycles. The summed E-state index contributed by atoms with van der Waals surface area (Å²) >= 11 is 0. The topological polar surface area (TPSA) is 79.5 Å². The molecular weight excluding hydrogens is 246 g/mol. The largest absolute Gasteiger partial charge is 0.481 e. The lowest BCUT2D eigenvalue weighted by atomic mass is 9.90. The van der Waals surface area contributed by atoms with Crippen LogP contribution in [0.1, 0.15) is 22.9 Å². The molecule has 1 atom stereocenters. The van der Waals surface area contributed by atoms with Crippen LogP contribution in [0.4, 0.5) is 0 Å².